The smallest absolute Gasteiger partial charge is 0.320 e. The van der Waals surface area contributed by atoms with E-state index in [0.717, 1.165) is 19.6 Å². The zero-order chi connectivity index (χ0) is 17.4. The van der Waals surface area contributed by atoms with Gasteiger partial charge in [0.2, 0.25) is 5.91 Å². The molecule has 0 bridgehead atoms. The van der Waals surface area contributed by atoms with Crippen molar-refractivity contribution in [2.75, 3.05) is 53.4 Å². The lowest BCUT2D eigenvalue weighted by Crippen LogP contribution is -2.48. The molecule has 2 saturated heterocycles. The van der Waals surface area contributed by atoms with Crippen molar-refractivity contribution in [1.29, 1.82) is 0 Å². The van der Waals surface area contributed by atoms with Crippen molar-refractivity contribution in [3.8, 4) is 0 Å². The first kappa shape index (κ1) is 19.2. The van der Waals surface area contributed by atoms with Crippen LogP contribution < -0.4 is 5.32 Å². The highest BCUT2D eigenvalue weighted by Gasteiger charge is 2.34. The van der Waals surface area contributed by atoms with E-state index in [9.17, 15) is 9.59 Å². The number of hydrogen-bond acceptors (Lipinski definition) is 5. The van der Waals surface area contributed by atoms with Crippen LogP contribution in [0.25, 0.3) is 0 Å². The Balaban J connectivity index is 0.000000816. The van der Waals surface area contributed by atoms with E-state index in [-0.39, 0.29) is 37.1 Å². The Hall–Kier alpha value is -1.87. The van der Waals surface area contributed by atoms with Crippen molar-refractivity contribution in [3.05, 3.63) is 0 Å². The van der Waals surface area contributed by atoms with Gasteiger partial charge in [-0.3, -0.25) is 14.5 Å². The summed E-state index contributed by atoms with van der Waals surface area (Å²) < 4.78 is 5.42. The summed E-state index contributed by atoms with van der Waals surface area (Å²) in [4.78, 5) is 37.6. The van der Waals surface area contributed by atoms with E-state index in [1.807, 2.05) is 0 Å². The van der Waals surface area contributed by atoms with Crippen molar-refractivity contribution in [2.24, 2.45) is 0 Å². The van der Waals surface area contributed by atoms with Crippen LogP contribution in [0.3, 0.4) is 0 Å². The minimum absolute atomic E-state index is 0.00267. The van der Waals surface area contributed by atoms with Gasteiger partial charge >= 0.3 is 6.03 Å². The topological polar surface area (TPSA) is 102 Å². The maximum absolute atomic E-state index is 12.1. The number of urea groups is 1. The molecule has 2 heterocycles. The third-order valence-corrected chi connectivity index (χ3v) is 4.08. The number of ether oxygens (including phenoxy) is 1. The van der Waals surface area contributed by atoms with Crippen LogP contribution in [0.4, 0.5) is 4.79 Å². The lowest BCUT2D eigenvalue weighted by atomic mass is 10.2. The number of methoxy groups -OCH3 is 1. The van der Waals surface area contributed by atoms with Crippen LogP contribution in [0.15, 0.2) is 0 Å². The summed E-state index contributed by atoms with van der Waals surface area (Å²) in [5.41, 5.74) is 0. The minimum Gasteiger partial charge on any atom is -0.483 e. The van der Waals surface area contributed by atoms with Gasteiger partial charge in [0.05, 0.1) is 12.1 Å². The molecule has 0 aromatic rings. The fourth-order valence-electron chi connectivity index (χ4n) is 2.76. The van der Waals surface area contributed by atoms with E-state index in [4.69, 9.17) is 14.6 Å². The van der Waals surface area contributed by atoms with Crippen LogP contribution in [-0.2, 0) is 14.3 Å². The second-order valence-corrected chi connectivity index (χ2v) is 5.53. The number of nitrogens with zero attached hydrogens (tertiary/aromatic N) is 3. The molecule has 0 spiro atoms. The molecule has 23 heavy (non-hydrogen) atoms. The molecule has 0 unspecified atom stereocenters. The SMILES string of the molecule is CCN1C[C@H](NC(=O)CN2CCN(C)C2=O)[C@@H](OC)C1.O=CO. The Bertz CT molecular complexity index is 420. The second kappa shape index (κ2) is 9.31. The normalized spacial score (nSPS) is 24.4. The zero-order valence-electron chi connectivity index (χ0n) is 13.9. The van der Waals surface area contributed by atoms with Gasteiger partial charge in [-0.25, -0.2) is 4.79 Å². The molecular formula is C14H26N4O5. The van der Waals surface area contributed by atoms with Crippen molar-refractivity contribution >= 4 is 18.4 Å². The first-order valence-electron chi connectivity index (χ1n) is 7.59. The molecule has 2 aliphatic heterocycles. The van der Waals surface area contributed by atoms with E-state index in [2.05, 4.69) is 17.1 Å². The largest absolute Gasteiger partial charge is 0.483 e. The van der Waals surface area contributed by atoms with Gasteiger partial charge in [-0.15, -0.1) is 0 Å². The van der Waals surface area contributed by atoms with Crippen LogP contribution in [0.5, 0.6) is 0 Å². The molecule has 2 aliphatic rings. The molecule has 0 saturated carbocycles. The summed E-state index contributed by atoms with van der Waals surface area (Å²) in [6.45, 7) is 5.85. The van der Waals surface area contributed by atoms with Crippen molar-refractivity contribution in [1.82, 2.24) is 20.0 Å². The standard InChI is InChI=1S/C13H24N4O3.CH2O2/c1-4-16-7-10(11(8-16)20-3)14-12(18)9-17-6-5-15(2)13(17)19;2-1-3/h10-11H,4-9H2,1-3H3,(H,14,18);1H,(H,2,3)/t10-,11-;/m0./s1. The predicted molar refractivity (Wildman–Crippen MR) is 83.1 cm³/mol. The van der Waals surface area contributed by atoms with Gasteiger partial charge in [0, 0.05) is 40.3 Å². The van der Waals surface area contributed by atoms with Crippen LogP contribution in [-0.4, -0.2) is 104 Å². The highest BCUT2D eigenvalue weighted by molar-refractivity contribution is 5.85. The van der Waals surface area contributed by atoms with Crippen LogP contribution >= 0.6 is 0 Å². The van der Waals surface area contributed by atoms with Crippen LogP contribution in [0.2, 0.25) is 0 Å². The van der Waals surface area contributed by atoms with Gasteiger partial charge in [0.1, 0.15) is 6.54 Å². The lowest BCUT2D eigenvalue weighted by molar-refractivity contribution is -0.123. The average Bonchev–Trinajstić information content (AvgIpc) is 3.06. The van der Waals surface area contributed by atoms with E-state index in [0.29, 0.717) is 13.1 Å². The molecule has 2 N–H and O–H groups in total. The third-order valence-electron chi connectivity index (χ3n) is 4.08. The summed E-state index contributed by atoms with van der Waals surface area (Å²) >= 11 is 0. The van der Waals surface area contributed by atoms with Gasteiger partial charge < -0.3 is 25.0 Å². The van der Waals surface area contributed by atoms with Crippen molar-refractivity contribution in [2.45, 2.75) is 19.1 Å². The lowest BCUT2D eigenvalue weighted by Gasteiger charge is -2.21. The first-order chi connectivity index (χ1) is 11.0. The summed E-state index contributed by atoms with van der Waals surface area (Å²) in [7, 11) is 3.42. The van der Waals surface area contributed by atoms with Gasteiger partial charge in [-0.05, 0) is 6.54 Å². The highest BCUT2D eigenvalue weighted by atomic mass is 16.5. The molecule has 2 fully saturated rings. The van der Waals surface area contributed by atoms with Gasteiger partial charge in [-0.2, -0.15) is 0 Å². The van der Waals surface area contributed by atoms with Crippen LogP contribution in [0.1, 0.15) is 6.92 Å². The van der Waals surface area contributed by atoms with Crippen LogP contribution in [0, 0.1) is 0 Å². The summed E-state index contributed by atoms with van der Waals surface area (Å²) in [6, 6.07) is -0.0760. The Morgan fingerprint density at radius 3 is 2.57 bits per heavy atom. The highest BCUT2D eigenvalue weighted by Crippen LogP contribution is 2.13. The van der Waals surface area contributed by atoms with Crippen molar-refractivity contribution in [3.63, 3.8) is 0 Å². The minimum atomic E-state index is -0.250. The quantitative estimate of drug-likeness (QED) is 0.620. The average molecular weight is 330 g/mol. The molecule has 9 heteroatoms. The fraction of sp³-hybridized carbons (Fsp3) is 0.786. The Labute approximate surface area is 136 Å². The predicted octanol–water partition coefficient (Wildman–Crippen LogP) is -1.11. The van der Waals surface area contributed by atoms with Gasteiger partial charge in [0.25, 0.3) is 6.47 Å². The molecule has 0 aromatic heterocycles. The number of likely N-dealkylation sites (tertiary alicyclic amines) is 1. The van der Waals surface area contributed by atoms with E-state index in [1.165, 1.54) is 0 Å². The molecule has 132 valence electrons. The molecule has 2 rings (SSSR count). The number of carboxylic acid groups (broad SMARTS) is 1. The number of carbonyl (C=O) groups excluding carboxylic acids is 2. The number of likely N-dealkylation sites (N-methyl/N-ethyl adjacent to an activating group) is 2. The van der Waals surface area contributed by atoms with E-state index < -0.39 is 0 Å². The number of carbonyl (C=O) groups is 3. The Morgan fingerprint density at radius 2 is 2.09 bits per heavy atom. The Kier molecular flexibility index (Phi) is 7.76. The molecule has 0 aromatic carbocycles. The molecule has 9 nitrogen and oxygen atoms in total. The summed E-state index contributed by atoms with van der Waals surface area (Å²) in [5.74, 6) is -0.112. The van der Waals surface area contributed by atoms with Gasteiger partial charge in [0.15, 0.2) is 0 Å². The monoisotopic (exact) mass is 330 g/mol. The summed E-state index contributed by atoms with van der Waals surface area (Å²) in [5, 5.41) is 9.88. The fourth-order valence-corrected chi connectivity index (χ4v) is 2.76. The summed E-state index contributed by atoms with van der Waals surface area (Å²) in [6.07, 6.45) is 0.0239. The molecular weight excluding hydrogens is 304 g/mol. The molecule has 0 radical (unpaired) electrons. The number of rotatable bonds is 5. The van der Waals surface area contributed by atoms with E-state index >= 15 is 0 Å². The molecule has 3 amide bonds. The molecule has 2 atom stereocenters. The maximum Gasteiger partial charge on any atom is 0.320 e. The number of amides is 3. The first-order valence-corrected chi connectivity index (χ1v) is 7.59. The zero-order valence-corrected chi connectivity index (χ0v) is 13.9. The maximum atomic E-state index is 12.1. The van der Waals surface area contributed by atoms with E-state index in [1.54, 1.807) is 24.0 Å². The molecule has 0 aliphatic carbocycles. The van der Waals surface area contributed by atoms with Gasteiger partial charge in [-0.1, -0.05) is 6.92 Å². The van der Waals surface area contributed by atoms with Crippen molar-refractivity contribution < 1.29 is 24.2 Å². The number of hydrogen-bond donors (Lipinski definition) is 2. The number of nitrogens with one attached hydrogen (secondary N) is 1. The third kappa shape index (κ3) is 5.36. The second-order valence-electron chi connectivity index (χ2n) is 5.53. The Morgan fingerprint density at radius 1 is 1.43 bits per heavy atom.